The summed E-state index contributed by atoms with van der Waals surface area (Å²) in [5.41, 5.74) is 4.58. The van der Waals surface area contributed by atoms with Crippen molar-refractivity contribution in [2.24, 2.45) is 0 Å². The molecule has 0 fully saturated rings. The van der Waals surface area contributed by atoms with Crippen LogP contribution in [0.5, 0.6) is 28.7 Å². The van der Waals surface area contributed by atoms with Gasteiger partial charge in [-0.3, -0.25) is 0 Å². The lowest BCUT2D eigenvalue weighted by Gasteiger charge is -2.39. The molecule has 188 valence electrons. The fourth-order valence-corrected chi connectivity index (χ4v) is 5.14. The molecule has 0 unspecified atom stereocenters. The molecular formula is C28H26N4O5. The number of aromatic nitrogens is 3. The Labute approximate surface area is 214 Å². The molecule has 6 rings (SSSR count). The average molecular weight is 499 g/mol. The molecule has 0 spiro atoms. The van der Waals surface area contributed by atoms with Crippen LogP contribution in [0.3, 0.4) is 0 Å². The zero-order valence-electron chi connectivity index (χ0n) is 20.9. The predicted octanol–water partition coefficient (Wildman–Crippen LogP) is 4.87. The number of ether oxygens (including phenoxy) is 5. The molecule has 0 saturated heterocycles. The number of anilines is 1. The lowest BCUT2D eigenvalue weighted by molar-refractivity contribution is 0.216. The summed E-state index contributed by atoms with van der Waals surface area (Å²) < 4.78 is 31.2. The zero-order valence-corrected chi connectivity index (χ0v) is 20.9. The van der Waals surface area contributed by atoms with Gasteiger partial charge in [-0.15, -0.1) is 0 Å². The molecule has 1 aromatic heterocycles. The Morgan fingerprint density at radius 3 is 2.43 bits per heavy atom. The van der Waals surface area contributed by atoms with Crippen LogP contribution in [-0.2, 0) is 0 Å². The van der Waals surface area contributed by atoms with Gasteiger partial charge in [-0.05, 0) is 35.9 Å². The Morgan fingerprint density at radius 2 is 1.65 bits per heavy atom. The molecule has 0 saturated carbocycles. The highest BCUT2D eigenvalue weighted by Crippen LogP contribution is 2.53. The highest BCUT2D eigenvalue weighted by atomic mass is 16.5. The van der Waals surface area contributed by atoms with Crippen molar-refractivity contribution in [2.45, 2.75) is 12.1 Å². The minimum atomic E-state index is -0.516. The molecule has 3 aromatic carbocycles. The van der Waals surface area contributed by atoms with E-state index in [4.69, 9.17) is 23.7 Å². The van der Waals surface area contributed by atoms with Gasteiger partial charge < -0.3 is 29.0 Å². The molecule has 37 heavy (non-hydrogen) atoms. The second-order valence-electron chi connectivity index (χ2n) is 8.58. The molecule has 2 atom stereocenters. The van der Waals surface area contributed by atoms with E-state index in [0.717, 1.165) is 33.7 Å². The van der Waals surface area contributed by atoms with Crippen molar-refractivity contribution in [2.75, 3.05) is 33.8 Å². The quantitative estimate of drug-likeness (QED) is 0.403. The maximum Gasteiger partial charge on any atom is 0.226 e. The highest BCUT2D eigenvalue weighted by Gasteiger charge is 2.42. The number of nitrogens with zero attached hydrogens (tertiary/aromatic N) is 3. The zero-order chi connectivity index (χ0) is 25.5. The third kappa shape index (κ3) is 3.54. The van der Waals surface area contributed by atoms with Gasteiger partial charge in [0.25, 0.3) is 0 Å². The topological polar surface area (TPSA) is 88.9 Å². The maximum atomic E-state index is 6.72. The second kappa shape index (κ2) is 9.09. The number of methoxy groups -OCH3 is 4. The first kappa shape index (κ1) is 22.8. The minimum absolute atomic E-state index is 0.359. The maximum absolute atomic E-state index is 6.72. The van der Waals surface area contributed by atoms with Crippen LogP contribution in [0.25, 0.3) is 5.70 Å². The molecule has 0 amide bonds. The summed E-state index contributed by atoms with van der Waals surface area (Å²) in [6, 6.07) is 19.3. The monoisotopic (exact) mass is 498 g/mol. The fraction of sp³-hybridized carbons (Fsp3) is 0.214. The fourth-order valence-electron chi connectivity index (χ4n) is 5.14. The third-order valence-corrected chi connectivity index (χ3v) is 6.76. The summed E-state index contributed by atoms with van der Waals surface area (Å²) >= 11 is 0. The van der Waals surface area contributed by atoms with E-state index in [1.165, 1.54) is 0 Å². The molecule has 0 bridgehead atoms. The number of hydrogen-bond donors (Lipinski definition) is 1. The van der Waals surface area contributed by atoms with E-state index in [1.54, 1.807) is 34.8 Å². The summed E-state index contributed by atoms with van der Waals surface area (Å²) in [4.78, 5) is 4.50. The van der Waals surface area contributed by atoms with E-state index in [-0.39, 0.29) is 6.04 Å². The summed E-state index contributed by atoms with van der Waals surface area (Å²) in [5, 5.41) is 8.10. The van der Waals surface area contributed by atoms with Gasteiger partial charge >= 0.3 is 0 Å². The first-order chi connectivity index (χ1) is 18.2. The Morgan fingerprint density at radius 1 is 0.838 bits per heavy atom. The summed E-state index contributed by atoms with van der Waals surface area (Å²) in [6.45, 7) is 0. The van der Waals surface area contributed by atoms with Crippen LogP contribution in [0.2, 0.25) is 0 Å². The van der Waals surface area contributed by atoms with Gasteiger partial charge in [-0.2, -0.15) is 10.1 Å². The van der Waals surface area contributed by atoms with Crippen LogP contribution in [0, 0.1) is 0 Å². The van der Waals surface area contributed by atoms with Crippen LogP contribution >= 0.6 is 0 Å². The summed E-state index contributed by atoms with van der Waals surface area (Å²) in [6.07, 6.45) is 1.03. The first-order valence-electron chi connectivity index (χ1n) is 11.8. The molecule has 4 aromatic rings. The summed E-state index contributed by atoms with van der Waals surface area (Å²) in [7, 11) is 6.50. The molecule has 0 aliphatic carbocycles. The van der Waals surface area contributed by atoms with Crippen LogP contribution in [0.15, 0.2) is 72.6 Å². The van der Waals surface area contributed by atoms with Crippen LogP contribution in [-0.4, -0.2) is 43.2 Å². The highest BCUT2D eigenvalue weighted by molar-refractivity contribution is 5.85. The van der Waals surface area contributed by atoms with Gasteiger partial charge in [-0.1, -0.05) is 30.3 Å². The van der Waals surface area contributed by atoms with Gasteiger partial charge in [0.1, 0.15) is 18.1 Å². The van der Waals surface area contributed by atoms with Crippen molar-refractivity contribution in [3.05, 3.63) is 89.3 Å². The largest absolute Gasteiger partial charge is 0.493 e. The second-order valence-corrected chi connectivity index (χ2v) is 8.58. The number of benzene rings is 3. The number of nitrogens with one attached hydrogen (secondary N) is 1. The van der Waals surface area contributed by atoms with E-state index in [1.807, 2.05) is 65.3 Å². The SMILES string of the molecule is COc1ccc([C@H]2C3=C(Nc4ncnn42)c2ccccc2O[C@@H]3c2cccc(OC)c2OC)cc1OC. The van der Waals surface area contributed by atoms with Crippen molar-refractivity contribution in [3.8, 4) is 28.7 Å². The minimum Gasteiger partial charge on any atom is -0.493 e. The number of hydrogen-bond acceptors (Lipinski definition) is 8. The van der Waals surface area contributed by atoms with Crippen molar-refractivity contribution in [1.29, 1.82) is 0 Å². The third-order valence-electron chi connectivity index (χ3n) is 6.76. The van der Waals surface area contributed by atoms with Crippen LogP contribution < -0.4 is 29.0 Å². The number of fused-ring (bicyclic) bond motifs is 3. The van der Waals surface area contributed by atoms with Crippen molar-refractivity contribution < 1.29 is 23.7 Å². The number of para-hydroxylation sites is 2. The Bertz CT molecular complexity index is 1510. The van der Waals surface area contributed by atoms with Gasteiger partial charge in [-0.25, -0.2) is 4.68 Å². The Kier molecular flexibility index (Phi) is 5.60. The summed E-state index contributed by atoms with van der Waals surface area (Å²) in [5.74, 6) is 3.88. The van der Waals surface area contributed by atoms with Crippen molar-refractivity contribution >= 4 is 11.6 Å². The van der Waals surface area contributed by atoms with E-state index < -0.39 is 6.10 Å². The molecule has 9 nitrogen and oxygen atoms in total. The number of rotatable bonds is 6. The lowest BCUT2D eigenvalue weighted by atomic mass is 9.84. The average Bonchev–Trinajstić information content (AvgIpc) is 3.43. The van der Waals surface area contributed by atoms with Crippen LogP contribution in [0.4, 0.5) is 5.95 Å². The van der Waals surface area contributed by atoms with Crippen molar-refractivity contribution in [1.82, 2.24) is 14.8 Å². The lowest BCUT2D eigenvalue weighted by Crippen LogP contribution is -2.32. The molecule has 3 heterocycles. The van der Waals surface area contributed by atoms with E-state index in [9.17, 15) is 0 Å². The standard InChI is InChI=1S/C28H26N4O5/c1-33-20-13-12-16(14-22(20)35-3)25-23-24(31-28-29-15-30-32(25)28)17-8-5-6-10-19(17)37-27(23)18-9-7-11-21(34-2)26(18)36-4/h5-15,25,27H,1-4H3,(H,29,30,31)/t25-,27+/m0/s1. The van der Waals surface area contributed by atoms with Crippen LogP contribution in [0.1, 0.15) is 28.8 Å². The molecular weight excluding hydrogens is 472 g/mol. The smallest absolute Gasteiger partial charge is 0.226 e. The van der Waals surface area contributed by atoms with E-state index in [0.29, 0.717) is 28.9 Å². The van der Waals surface area contributed by atoms with E-state index >= 15 is 0 Å². The van der Waals surface area contributed by atoms with Gasteiger partial charge in [0, 0.05) is 16.7 Å². The Hall–Kier alpha value is -4.66. The van der Waals surface area contributed by atoms with Gasteiger partial charge in [0.05, 0.1) is 34.1 Å². The molecule has 2 aliphatic heterocycles. The predicted molar refractivity (Wildman–Crippen MR) is 138 cm³/mol. The van der Waals surface area contributed by atoms with Gasteiger partial charge in [0.2, 0.25) is 5.95 Å². The van der Waals surface area contributed by atoms with E-state index in [2.05, 4.69) is 15.4 Å². The Balaban J connectivity index is 1.63. The first-order valence-corrected chi connectivity index (χ1v) is 11.8. The molecule has 2 aliphatic rings. The molecule has 1 N–H and O–H groups in total. The van der Waals surface area contributed by atoms with Gasteiger partial charge in [0.15, 0.2) is 29.1 Å². The van der Waals surface area contributed by atoms with Crippen molar-refractivity contribution in [3.63, 3.8) is 0 Å². The molecule has 0 radical (unpaired) electrons. The molecule has 9 heteroatoms. The normalized spacial score (nSPS) is 17.5.